The summed E-state index contributed by atoms with van der Waals surface area (Å²) in [5.74, 6) is 0.455. The van der Waals surface area contributed by atoms with Crippen LogP contribution >= 0.6 is 0 Å². The van der Waals surface area contributed by atoms with Crippen LogP contribution in [0.3, 0.4) is 0 Å². The van der Waals surface area contributed by atoms with Gasteiger partial charge in [-0.2, -0.15) is 13.2 Å². The molecule has 152 valence electrons. The number of alkyl halides is 3. The zero-order valence-corrected chi connectivity index (χ0v) is 16.1. The van der Waals surface area contributed by atoms with Gasteiger partial charge in [0.25, 0.3) is 0 Å². The van der Waals surface area contributed by atoms with E-state index in [1.165, 1.54) is 10.5 Å². The lowest BCUT2D eigenvalue weighted by molar-refractivity contribution is -0.137. The number of imidazole rings is 1. The molecule has 0 saturated heterocycles. The summed E-state index contributed by atoms with van der Waals surface area (Å²) in [4.78, 5) is 17.2. The highest BCUT2D eigenvalue weighted by atomic mass is 19.4. The summed E-state index contributed by atoms with van der Waals surface area (Å²) in [7, 11) is 0. The van der Waals surface area contributed by atoms with E-state index in [0.717, 1.165) is 63.6 Å². The molecule has 4 rings (SSSR count). The first-order valence-corrected chi connectivity index (χ1v) is 10.1. The fourth-order valence-electron chi connectivity index (χ4n) is 4.88. The zero-order valence-electron chi connectivity index (χ0n) is 16.1. The second-order valence-electron chi connectivity index (χ2n) is 8.71. The van der Waals surface area contributed by atoms with Crippen molar-refractivity contribution in [3.63, 3.8) is 0 Å². The van der Waals surface area contributed by atoms with Gasteiger partial charge in [0, 0.05) is 18.5 Å². The number of halogens is 3. The van der Waals surface area contributed by atoms with Crippen molar-refractivity contribution in [3.8, 4) is 0 Å². The molecule has 2 saturated carbocycles. The minimum atomic E-state index is -4.41. The molecular formula is C21H26F3N3O. The molecule has 0 aromatic carbocycles. The average Bonchev–Trinajstić information content (AvgIpc) is 3.32. The van der Waals surface area contributed by atoms with Crippen molar-refractivity contribution >= 4 is 17.4 Å². The number of pyridine rings is 1. The van der Waals surface area contributed by atoms with E-state index in [1.54, 1.807) is 0 Å². The molecule has 1 N–H and O–H groups in total. The maximum Gasteiger partial charge on any atom is 0.417 e. The minimum Gasteiger partial charge on any atom is -0.309 e. The minimum absolute atomic E-state index is 0.0141. The van der Waals surface area contributed by atoms with Crippen LogP contribution in [-0.2, 0) is 11.0 Å². The molecule has 1 amide bonds. The monoisotopic (exact) mass is 393 g/mol. The first-order chi connectivity index (χ1) is 13.3. The van der Waals surface area contributed by atoms with Crippen LogP contribution in [0.1, 0.15) is 81.9 Å². The number of anilines is 1. The zero-order chi connectivity index (χ0) is 19.9. The SMILES string of the molecule is CC1(CC(=O)Nc2nc3ccc(C(F)(F)F)cn3c2C2CCCC2)CCCC1. The predicted molar refractivity (Wildman–Crippen MR) is 101 cm³/mol. The topological polar surface area (TPSA) is 46.4 Å². The number of fused-ring (bicyclic) bond motifs is 1. The van der Waals surface area contributed by atoms with E-state index < -0.39 is 11.7 Å². The summed E-state index contributed by atoms with van der Waals surface area (Å²) >= 11 is 0. The Morgan fingerprint density at radius 2 is 1.89 bits per heavy atom. The average molecular weight is 393 g/mol. The summed E-state index contributed by atoms with van der Waals surface area (Å²) in [6.45, 7) is 2.14. The number of nitrogens with zero attached hydrogens (tertiary/aromatic N) is 2. The Bertz CT molecular complexity index is 875. The molecule has 2 aromatic heterocycles. The summed E-state index contributed by atoms with van der Waals surface area (Å²) in [5, 5.41) is 2.94. The fraction of sp³-hybridized carbons (Fsp3) is 0.619. The third-order valence-corrected chi connectivity index (χ3v) is 6.38. The van der Waals surface area contributed by atoms with E-state index in [1.807, 2.05) is 0 Å². The van der Waals surface area contributed by atoms with Gasteiger partial charge in [-0.25, -0.2) is 4.98 Å². The maximum atomic E-state index is 13.2. The first-order valence-electron chi connectivity index (χ1n) is 10.1. The van der Waals surface area contributed by atoms with Gasteiger partial charge in [0.2, 0.25) is 5.91 Å². The second kappa shape index (κ2) is 7.08. The molecule has 2 aliphatic carbocycles. The summed E-state index contributed by atoms with van der Waals surface area (Å²) in [6.07, 6.45) is 5.40. The molecule has 0 spiro atoms. The highest BCUT2D eigenvalue weighted by molar-refractivity contribution is 5.91. The van der Waals surface area contributed by atoms with Crippen LogP contribution in [0.25, 0.3) is 5.65 Å². The fourth-order valence-corrected chi connectivity index (χ4v) is 4.88. The normalized spacial score (nSPS) is 20.1. The summed E-state index contributed by atoms with van der Waals surface area (Å²) < 4.78 is 41.2. The number of nitrogens with one attached hydrogen (secondary N) is 1. The van der Waals surface area contributed by atoms with E-state index in [-0.39, 0.29) is 17.2 Å². The van der Waals surface area contributed by atoms with Crippen LogP contribution in [0, 0.1) is 5.41 Å². The Labute approximate surface area is 162 Å². The molecule has 0 radical (unpaired) electrons. The van der Waals surface area contributed by atoms with Crippen molar-refractivity contribution in [2.75, 3.05) is 5.32 Å². The van der Waals surface area contributed by atoms with Crippen molar-refractivity contribution in [2.24, 2.45) is 5.41 Å². The van der Waals surface area contributed by atoms with E-state index in [9.17, 15) is 18.0 Å². The van der Waals surface area contributed by atoms with Crippen molar-refractivity contribution < 1.29 is 18.0 Å². The van der Waals surface area contributed by atoms with E-state index >= 15 is 0 Å². The van der Waals surface area contributed by atoms with Gasteiger partial charge >= 0.3 is 6.18 Å². The molecule has 2 fully saturated rings. The van der Waals surface area contributed by atoms with Crippen molar-refractivity contribution in [1.82, 2.24) is 9.38 Å². The molecule has 4 nitrogen and oxygen atoms in total. The van der Waals surface area contributed by atoms with Gasteiger partial charge in [-0.05, 0) is 43.2 Å². The Kier molecular flexibility index (Phi) is 4.88. The quantitative estimate of drug-likeness (QED) is 0.701. The van der Waals surface area contributed by atoms with Gasteiger partial charge in [-0.15, -0.1) is 0 Å². The molecule has 2 heterocycles. The molecule has 2 aromatic rings. The third kappa shape index (κ3) is 3.76. The highest BCUT2D eigenvalue weighted by Crippen LogP contribution is 2.42. The van der Waals surface area contributed by atoms with Gasteiger partial charge in [-0.3, -0.25) is 4.79 Å². The Morgan fingerprint density at radius 3 is 2.54 bits per heavy atom. The third-order valence-electron chi connectivity index (χ3n) is 6.38. The number of hydrogen-bond donors (Lipinski definition) is 1. The second-order valence-corrected chi connectivity index (χ2v) is 8.71. The summed E-state index contributed by atoms with van der Waals surface area (Å²) in [6, 6.07) is 2.43. The van der Waals surface area contributed by atoms with Crippen molar-refractivity contribution in [3.05, 3.63) is 29.6 Å². The van der Waals surface area contributed by atoms with Crippen molar-refractivity contribution in [1.29, 1.82) is 0 Å². The first kappa shape index (κ1) is 19.3. The molecular weight excluding hydrogens is 367 g/mol. The molecule has 2 aliphatic rings. The Hall–Kier alpha value is -2.05. The van der Waals surface area contributed by atoms with Gasteiger partial charge in [-0.1, -0.05) is 32.6 Å². The number of carbonyl (C=O) groups is 1. The van der Waals surface area contributed by atoms with Crippen molar-refractivity contribution in [2.45, 2.75) is 76.8 Å². The van der Waals surface area contributed by atoms with Gasteiger partial charge in [0.15, 0.2) is 5.82 Å². The summed E-state index contributed by atoms with van der Waals surface area (Å²) in [5.41, 5.74) is 0.467. The van der Waals surface area contributed by atoms with Crippen LogP contribution in [0.2, 0.25) is 0 Å². The van der Waals surface area contributed by atoms with Gasteiger partial charge < -0.3 is 9.72 Å². The lowest BCUT2D eigenvalue weighted by Gasteiger charge is -2.22. The van der Waals surface area contributed by atoms with E-state index in [0.29, 0.717) is 23.6 Å². The molecule has 0 aliphatic heterocycles. The van der Waals surface area contributed by atoms with Gasteiger partial charge in [0.05, 0.1) is 11.3 Å². The molecule has 0 unspecified atom stereocenters. The smallest absolute Gasteiger partial charge is 0.309 e. The Morgan fingerprint density at radius 1 is 1.21 bits per heavy atom. The number of amides is 1. The Balaban J connectivity index is 1.68. The van der Waals surface area contributed by atoms with E-state index in [4.69, 9.17) is 0 Å². The van der Waals surface area contributed by atoms with Crippen LogP contribution in [-0.4, -0.2) is 15.3 Å². The lowest BCUT2D eigenvalue weighted by atomic mass is 9.85. The van der Waals surface area contributed by atoms with Crippen LogP contribution in [0.5, 0.6) is 0 Å². The number of rotatable bonds is 4. The van der Waals surface area contributed by atoms with Crippen LogP contribution in [0.4, 0.5) is 19.0 Å². The maximum absolute atomic E-state index is 13.2. The predicted octanol–water partition coefficient (Wildman–Crippen LogP) is 5.92. The van der Waals surface area contributed by atoms with Crippen LogP contribution < -0.4 is 5.32 Å². The van der Waals surface area contributed by atoms with E-state index in [2.05, 4.69) is 17.2 Å². The van der Waals surface area contributed by atoms with Crippen LogP contribution in [0.15, 0.2) is 18.3 Å². The molecule has 0 atom stereocenters. The molecule has 7 heteroatoms. The molecule has 0 bridgehead atoms. The highest BCUT2D eigenvalue weighted by Gasteiger charge is 2.34. The number of aromatic nitrogens is 2. The largest absolute Gasteiger partial charge is 0.417 e. The lowest BCUT2D eigenvalue weighted by Crippen LogP contribution is -2.23. The standard InChI is InChI=1S/C21H26F3N3O/c1-20(10-4-5-11-20)12-17(28)26-19-18(14-6-2-3-7-14)27-13-15(21(22,23)24)8-9-16(27)25-19/h8-9,13-14H,2-7,10-12H2,1H3,(H,26,28). The number of carbonyl (C=O) groups excluding carboxylic acids is 1. The van der Waals surface area contributed by atoms with Gasteiger partial charge in [0.1, 0.15) is 5.65 Å². The molecule has 28 heavy (non-hydrogen) atoms. The number of hydrogen-bond acceptors (Lipinski definition) is 2.